The zero-order valence-electron chi connectivity index (χ0n) is 14.0. The smallest absolute Gasteiger partial charge is 0.141 e. The molecule has 3 rings (SSSR count). The largest absolute Gasteiger partial charge is 0.496 e. The maximum Gasteiger partial charge on any atom is 0.141 e. The molecule has 0 unspecified atom stereocenters. The Bertz CT molecular complexity index is 850. The van der Waals surface area contributed by atoms with Gasteiger partial charge in [0, 0.05) is 12.0 Å². The number of hydrogen-bond acceptors (Lipinski definition) is 4. The SMILES string of the molecule is COc1ccc(Cl)c2ncnc(NCC(C)(C)c3ccccc3)c12. The van der Waals surface area contributed by atoms with Crippen LogP contribution in [0.2, 0.25) is 5.02 Å². The van der Waals surface area contributed by atoms with E-state index in [1.54, 1.807) is 13.2 Å². The highest BCUT2D eigenvalue weighted by Crippen LogP contribution is 2.34. The van der Waals surface area contributed by atoms with Gasteiger partial charge in [0.2, 0.25) is 0 Å². The average molecular weight is 342 g/mol. The number of ether oxygens (including phenoxy) is 1. The van der Waals surface area contributed by atoms with Gasteiger partial charge in [0.1, 0.15) is 17.9 Å². The van der Waals surface area contributed by atoms with Crippen molar-refractivity contribution in [2.75, 3.05) is 19.0 Å². The highest BCUT2D eigenvalue weighted by atomic mass is 35.5. The van der Waals surface area contributed by atoms with Gasteiger partial charge in [0.15, 0.2) is 0 Å². The number of hydrogen-bond donors (Lipinski definition) is 1. The summed E-state index contributed by atoms with van der Waals surface area (Å²) in [4.78, 5) is 8.68. The van der Waals surface area contributed by atoms with E-state index < -0.39 is 0 Å². The second kappa shape index (κ2) is 6.65. The Kier molecular flexibility index (Phi) is 4.58. The normalized spacial score (nSPS) is 11.5. The average Bonchev–Trinajstić information content (AvgIpc) is 2.61. The van der Waals surface area contributed by atoms with Crippen molar-refractivity contribution in [1.82, 2.24) is 9.97 Å². The van der Waals surface area contributed by atoms with Crippen molar-refractivity contribution >= 4 is 28.3 Å². The molecule has 0 radical (unpaired) electrons. The molecule has 0 aliphatic rings. The third kappa shape index (κ3) is 3.15. The number of aromatic nitrogens is 2. The summed E-state index contributed by atoms with van der Waals surface area (Å²) < 4.78 is 5.46. The van der Waals surface area contributed by atoms with E-state index in [-0.39, 0.29) is 5.41 Å². The molecule has 0 saturated heterocycles. The molecule has 0 spiro atoms. The summed E-state index contributed by atoms with van der Waals surface area (Å²) in [6.07, 6.45) is 1.52. The Morgan fingerprint density at radius 3 is 2.54 bits per heavy atom. The predicted molar refractivity (Wildman–Crippen MR) is 99.1 cm³/mol. The second-order valence-corrected chi connectivity index (χ2v) is 6.71. The number of benzene rings is 2. The zero-order valence-corrected chi connectivity index (χ0v) is 14.8. The minimum atomic E-state index is -0.0512. The van der Waals surface area contributed by atoms with E-state index in [1.165, 1.54) is 11.9 Å². The lowest BCUT2D eigenvalue weighted by Gasteiger charge is -2.26. The predicted octanol–water partition coefficient (Wildman–Crippen LogP) is 4.68. The van der Waals surface area contributed by atoms with Crippen LogP contribution in [0.3, 0.4) is 0 Å². The third-order valence-corrected chi connectivity index (χ3v) is 4.48. The van der Waals surface area contributed by atoms with Crippen molar-refractivity contribution in [3.05, 3.63) is 59.4 Å². The van der Waals surface area contributed by atoms with Gasteiger partial charge >= 0.3 is 0 Å². The fourth-order valence-electron chi connectivity index (χ4n) is 2.71. The summed E-state index contributed by atoms with van der Waals surface area (Å²) in [5.41, 5.74) is 1.90. The molecule has 0 saturated carbocycles. The molecule has 4 nitrogen and oxygen atoms in total. The van der Waals surface area contributed by atoms with Crippen molar-refractivity contribution in [3.8, 4) is 5.75 Å². The molecule has 2 aromatic carbocycles. The molecule has 0 bridgehead atoms. The van der Waals surface area contributed by atoms with Crippen molar-refractivity contribution in [3.63, 3.8) is 0 Å². The van der Waals surface area contributed by atoms with Crippen LogP contribution in [0.5, 0.6) is 5.75 Å². The molecule has 0 atom stereocenters. The van der Waals surface area contributed by atoms with Crippen LogP contribution < -0.4 is 10.1 Å². The van der Waals surface area contributed by atoms with E-state index in [1.807, 2.05) is 12.1 Å². The van der Waals surface area contributed by atoms with Gasteiger partial charge in [-0.25, -0.2) is 9.97 Å². The Morgan fingerprint density at radius 2 is 1.83 bits per heavy atom. The number of fused-ring (bicyclic) bond motifs is 1. The molecule has 0 amide bonds. The van der Waals surface area contributed by atoms with Gasteiger partial charge in [0.05, 0.1) is 23.0 Å². The van der Waals surface area contributed by atoms with Gasteiger partial charge < -0.3 is 10.1 Å². The van der Waals surface area contributed by atoms with E-state index in [0.29, 0.717) is 16.3 Å². The van der Waals surface area contributed by atoms with Crippen LogP contribution in [0.4, 0.5) is 5.82 Å². The minimum absolute atomic E-state index is 0.0512. The first-order valence-electron chi connectivity index (χ1n) is 7.79. The first kappa shape index (κ1) is 16.5. The third-order valence-electron chi connectivity index (χ3n) is 4.17. The number of halogens is 1. The van der Waals surface area contributed by atoms with Crippen LogP contribution in [0.1, 0.15) is 19.4 Å². The standard InChI is InChI=1S/C19H20ClN3O/c1-19(2,13-7-5-4-6-8-13)11-21-18-16-15(24-3)10-9-14(20)17(16)22-12-23-18/h4-10,12H,11H2,1-3H3,(H,21,22,23). The van der Waals surface area contributed by atoms with E-state index >= 15 is 0 Å². The zero-order chi connectivity index (χ0) is 17.2. The van der Waals surface area contributed by atoms with E-state index in [9.17, 15) is 0 Å². The maximum atomic E-state index is 6.27. The molecule has 1 N–H and O–H groups in total. The van der Waals surface area contributed by atoms with Crippen molar-refractivity contribution < 1.29 is 4.74 Å². The highest BCUT2D eigenvalue weighted by Gasteiger charge is 2.21. The van der Waals surface area contributed by atoms with Crippen LogP contribution >= 0.6 is 11.6 Å². The molecule has 1 aromatic heterocycles. The van der Waals surface area contributed by atoms with Crippen LogP contribution in [0.25, 0.3) is 10.9 Å². The van der Waals surface area contributed by atoms with Gasteiger partial charge in [-0.05, 0) is 17.7 Å². The van der Waals surface area contributed by atoms with Gasteiger partial charge in [-0.15, -0.1) is 0 Å². The van der Waals surface area contributed by atoms with Crippen molar-refractivity contribution in [2.45, 2.75) is 19.3 Å². The van der Waals surface area contributed by atoms with E-state index in [4.69, 9.17) is 16.3 Å². The van der Waals surface area contributed by atoms with Crippen LogP contribution in [-0.4, -0.2) is 23.6 Å². The van der Waals surface area contributed by atoms with Crippen LogP contribution in [0.15, 0.2) is 48.8 Å². The molecular weight excluding hydrogens is 322 g/mol. The van der Waals surface area contributed by atoms with Gasteiger partial charge in [-0.3, -0.25) is 0 Å². The molecule has 24 heavy (non-hydrogen) atoms. The summed E-state index contributed by atoms with van der Waals surface area (Å²) in [5.74, 6) is 1.43. The van der Waals surface area contributed by atoms with Gasteiger partial charge in [0.25, 0.3) is 0 Å². The van der Waals surface area contributed by atoms with Crippen molar-refractivity contribution in [1.29, 1.82) is 0 Å². The summed E-state index contributed by atoms with van der Waals surface area (Å²) in [5, 5.41) is 4.82. The van der Waals surface area contributed by atoms with Gasteiger partial charge in [-0.2, -0.15) is 0 Å². The Hall–Kier alpha value is -2.33. The number of nitrogens with one attached hydrogen (secondary N) is 1. The van der Waals surface area contributed by atoms with Crippen LogP contribution in [-0.2, 0) is 5.41 Å². The lowest BCUT2D eigenvalue weighted by Crippen LogP contribution is -2.28. The summed E-state index contributed by atoms with van der Waals surface area (Å²) >= 11 is 6.27. The fourth-order valence-corrected chi connectivity index (χ4v) is 2.92. The Morgan fingerprint density at radius 1 is 1.08 bits per heavy atom. The number of methoxy groups -OCH3 is 1. The van der Waals surface area contributed by atoms with Crippen LogP contribution in [0, 0.1) is 0 Å². The van der Waals surface area contributed by atoms with E-state index in [2.05, 4.69) is 53.4 Å². The van der Waals surface area contributed by atoms with Gasteiger partial charge in [-0.1, -0.05) is 55.8 Å². The first-order valence-corrected chi connectivity index (χ1v) is 8.17. The quantitative estimate of drug-likeness (QED) is 0.731. The Labute approximate surface area is 146 Å². The van der Waals surface area contributed by atoms with E-state index in [0.717, 1.165) is 17.7 Å². The van der Waals surface area contributed by atoms with Crippen molar-refractivity contribution in [2.24, 2.45) is 0 Å². The maximum absolute atomic E-state index is 6.27. The number of rotatable bonds is 5. The molecule has 1 heterocycles. The highest BCUT2D eigenvalue weighted by molar-refractivity contribution is 6.35. The second-order valence-electron chi connectivity index (χ2n) is 6.30. The number of anilines is 1. The lowest BCUT2D eigenvalue weighted by molar-refractivity contribution is 0.419. The molecule has 0 fully saturated rings. The summed E-state index contributed by atoms with van der Waals surface area (Å²) in [7, 11) is 1.63. The summed E-state index contributed by atoms with van der Waals surface area (Å²) in [6.45, 7) is 5.12. The molecule has 124 valence electrons. The molecule has 5 heteroatoms. The topological polar surface area (TPSA) is 47.0 Å². The monoisotopic (exact) mass is 341 g/mol. The molecule has 0 aliphatic carbocycles. The summed E-state index contributed by atoms with van der Waals surface area (Å²) in [6, 6.07) is 14.0. The Balaban J connectivity index is 1.95. The molecule has 0 aliphatic heterocycles. The first-order chi connectivity index (χ1) is 11.5. The molecule has 3 aromatic rings. The number of nitrogens with zero attached hydrogens (tertiary/aromatic N) is 2. The lowest BCUT2D eigenvalue weighted by atomic mass is 9.84. The molecular formula is C19H20ClN3O. The fraction of sp³-hybridized carbons (Fsp3) is 0.263. The minimum Gasteiger partial charge on any atom is -0.496 e.